The van der Waals surface area contributed by atoms with E-state index in [1.165, 1.54) is 0 Å². The van der Waals surface area contributed by atoms with E-state index >= 15 is 0 Å². The highest BCUT2D eigenvalue weighted by molar-refractivity contribution is 4.48. The molecule has 1 unspecified atom stereocenters. The molecule has 0 aliphatic heterocycles. The Bertz CT molecular complexity index is 250. The first-order chi connectivity index (χ1) is 9.81. The second kappa shape index (κ2) is 16.1. The van der Waals surface area contributed by atoms with Crippen LogP contribution in [0.1, 0.15) is 0 Å². The summed E-state index contributed by atoms with van der Waals surface area (Å²) in [6.45, 7) is 3.09. The Kier molecular flexibility index (Phi) is 15.4. The normalized spacial score (nSPS) is 12.1. The van der Waals surface area contributed by atoms with Crippen molar-refractivity contribution in [1.82, 2.24) is 0 Å². The number of azide groups is 1. The number of aliphatic hydroxyl groups is 2. The van der Waals surface area contributed by atoms with Gasteiger partial charge in [-0.15, -0.1) is 0 Å². The maximum atomic E-state index is 8.98. The molecule has 0 saturated carbocycles. The highest BCUT2D eigenvalue weighted by atomic mass is 16.6. The summed E-state index contributed by atoms with van der Waals surface area (Å²) in [4.78, 5) is 2.60. The molecule has 0 fully saturated rings. The van der Waals surface area contributed by atoms with Crippen LogP contribution in [0.5, 0.6) is 0 Å². The lowest BCUT2D eigenvalue weighted by Crippen LogP contribution is -2.21. The summed E-state index contributed by atoms with van der Waals surface area (Å²) in [5.41, 5.74) is 8.01. The van der Waals surface area contributed by atoms with E-state index in [0.29, 0.717) is 52.8 Å². The molecule has 0 radical (unpaired) electrons. The van der Waals surface area contributed by atoms with Crippen molar-refractivity contribution >= 4 is 0 Å². The van der Waals surface area contributed by atoms with Gasteiger partial charge >= 0.3 is 0 Å². The molecule has 0 aliphatic carbocycles. The SMILES string of the molecule is [N-]=[N+]=NCCOCCOCCOCCOCC(O)CO. The van der Waals surface area contributed by atoms with Crippen LogP contribution < -0.4 is 0 Å². The van der Waals surface area contributed by atoms with Gasteiger partial charge in [-0.1, -0.05) is 5.11 Å². The van der Waals surface area contributed by atoms with E-state index in [4.69, 9.17) is 34.7 Å². The Labute approximate surface area is 118 Å². The molecule has 0 aromatic carbocycles. The molecule has 0 aromatic rings. The van der Waals surface area contributed by atoms with E-state index in [-0.39, 0.29) is 13.2 Å². The lowest BCUT2D eigenvalue weighted by molar-refractivity contribution is -0.0264. The zero-order valence-corrected chi connectivity index (χ0v) is 11.5. The van der Waals surface area contributed by atoms with Crippen LogP contribution >= 0.6 is 0 Å². The summed E-state index contributed by atoms with van der Waals surface area (Å²) in [5, 5.41) is 20.8. The van der Waals surface area contributed by atoms with Gasteiger partial charge in [-0.05, 0) is 5.53 Å². The van der Waals surface area contributed by atoms with Crippen molar-refractivity contribution in [2.24, 2.45) is 5.11 Å². The largest absolute Gasteiger partial charge is 0.394 e. The van der Waals surface area contributed by atoms with Crippen molar-refractivity contribution < 1.29 is 29.2 Å². The highest BCUT2D eigenvalue weighted by Gasteiger charge is 2.00. The molecule has 2 N–H and O–H groups in total. The zero-order chi connectivity index (χ0) is 14.9. The third-order valence-electron chi connectivity index (χ3n) is 2.04. The molecule has 0 spiro atoms. The number of aliphatic hydroxyl groups excluding tert-OH is 2. The average Bonchev–Trinajstić information content (AvgIpc) is 2.47. The molecule has 0 amide bonds. The first kappa shape index (κ1) is 19.1. The minimum atomic E-state index is -0.836. The minimum Gasteiger partial charge on any atom is -0.394 e. The van der Waals surface area contributed by atoms with Crippen molar-refractivity contribution in [3.8, 4) is 0 Å². The third kappa shape index (κ3) is 15.1. The quantitative estimate of drug-likeness (QED) is 0.185. The van der Waals surface area contributed by atoms with Gasteiger partial charge in [0.15, 0.2) is 0 Å². The molecule has 0 rings (SSSR count). The Hall–Kier alpha value is -0.930. The average molecular weight is 293 g/mol. The van der Waals surface area contributed by atoms with Crippen LogP contribution in [0.15, 0.2) is 5.11 Å². The number of rotatable bonds is 15. The maximum Gasteiger partial charge on any atom is 0.100 e. The summed E-state index contributed by atoms with van der Waals surface area (Å²) in [7, 11) is 0. The number of hydrogen-bond donors (Lipinski definition) is 2. The molecule has 0 bridgehead atoms. The Morgan fingerprint density at radius 2 is 1.40 bits per heavy atom. The maximum absolute atomic E-state index is 8.98. The van der Waals surface area contributed by atoms with Crippen LogP contribution in [0.3, 0.4) is 0 Å². The second-order valence-electron chi connectivity index (χ2n) is 3.70. The number of hydrogen-bond acceptors (Lipinski definition) is 7. The van der Waals surface area contributed by atoms with Gasteiger partial charge < -0.3 is 29.2 Å². The first-order valence-electron chi connectivity index (χ1n) is 6.42. The van der Waals surface area contributed by atoms with Crippen LogP contribution in [0.4, 0.5) is 0 Å². The summed E-state index contributed by atoms with van der Waals surface area (Å²) in [6, 6.07) is 0. The molecule has 9 nitrogen and oxygen atoms in total. The van der Waals surface area contributed by atoms with Crippen LogP contribution in [-0.4, -0.2) is 82.3 Å². The molecule has 0 heterocycles. The van der Waals surface area contributed by atoms with Gasteiger partial charge in [0.2, 0.25) is 0 Å². The van der Waals surface area contributed by atoms with Crippen molar-refractivity contribution in [3.63, 3.8) is 0 Å². The summed E-state index contributed by atoms with van der Waals surface area (Å²) in [6.07, 6.45) is -0.836. The monoisotopic (exact) mass is 293 g/mol. The van der Waals surface area contributed by atoms with Crippen molar-refractivity contribution in [2.75, 3.05) is 66.0 Å². The molecular weight excluding hydrogens is 270 g/mol. The van der Waals surface area contributed by atoms with E-state index in [0.717, 1.165) is 0 Å². The van der Waals surface area contributed by atoms with E-state index in [1.54, 1.807) is 0 Å². The lowest BCUT2D eigenvalue weighted by Gasteiger charge is -2.09. The standard InChI is InChI=1S/C11H23N3O6/c12-14-13-1-2-17-3-4-18-5-6-19-7-8-20-10-11(16)9-15/h11,15-16H,1-10H2. The molecule has 20 heavy (non-hydrogen) atoms. The molecule has 118 valence electrons. The topological polar surface area (TPSA) is 126 Å². The predicted molar refractivity (Wildman–Crippen MR) is 70.4 cm³/mol. The van der Waals surface area contributed by atoms with Gasteiger partial charge in [-0.3, -0.25) is 0 Å². The van der Waals surface area contributed by atoms with E-state index in [2.05, 4.69) is 10.0 Å². The number of nitrogens with zero attached hydrogens (tertiary/aromatic N) is 3. The first-order valence-corrected chi connectivity index (χ1v) is 6.42. The Morgan fingerprint density at radius 3 is 1.90 bits per heavy atom. The van der Waals surface area contributed by atoms with Crippen molar-refractivity contribution in [1.29, 1.82) is 0 Å². The van der Waals surface area contributed by atoms with Crippen LogP contribution in [0.25, 0.3) is 10.4 Å². The van der Waals surface area contributed by atoms with Crippen LogP contribution in [-0.2, 0) is 18.9 Å². The smallest absolute Gasteiger partial charge is 0.100 e. The third-order valence-corrected chi connectivity index (χ3v) is 2.04. The number of ether oxygens (including phenoxy) is 4. The van der Waals surface area contributed by atoms with E-state index in [1.807, 2.05) is 0 Å². The van der Waals surface area contributed by atoms with Crippen molar-refractivity contribution in [3.05, 3.63) is 10.4 Å². The van der Waals surface area contributed by atoms with Gasteiger partial charge in [-0.25, -0.2) is 0 Å². The summed E-state index contributed by atoms with van der Waals surface area (Å²) < 4.78 is 20.6. The Balaban J connectivity index is 3.01. The fraction of sp³-hybridized carbons (Fsp3) is 1.00. The fourth-order valence-corrected chi connectivity index (χ4v) is 1.08. The molecule has 9 heteroatoms. The van der Waals surface area contributed by atoms with E-state index in [9.17, 15) is 0 Å². The molecule has 0 aliphatic rings. The molecule has 0 saturated heterocycles. The van der Waals surface area contributed by atoms with Gasteiger partial charge in [0, 0.05) is 11.5 Å². The predicted octanol–water partition coefficient (Wildman–Crippen LogP) is -0.284. The van der Waals surface area contributed by atoms with Crippen LogP contribution in [0, 0.1) is 0 Å². The second-order valence-corrected chi connectivity index (χ2v) is 3.70. The van der Waals surface area contributed by atoms with Gasteiger partial charge in [0.25, 0.3) is 0 Å². The Morgan fingerprint density at radius 1 is 0.900 bits per heavy atom. The highest BCUT2D eigenvalue weighted by Crippen LogP contribution is 1.86. The lowest BCUT2D eigenvalue weighted by atomic mass is 10.4. The van der Waals surface area contributed by atoms with Gasteiger partial charge in [-0.2, -0.15) is 0 Å². The molecule has 1 atom stereocenters. The van der Waals surface area contributed by atoms with Gasteiger partial charge in [0.05, 0.1) is 59.5 Å². The summed E-state index contributed by atoms with van der Waals surface area (Å²) in [5.74, 6) is 0. The fourth-order valence-electron chi connectivity index (χ4n) is 1.08. The summed E-state index contributed by atoms with van der Waals surface area (Å²) >= 11 is 0. The molecular formula is C11H23N3O6. The van der Waals surface area contributed by atoms with Crippen LogP contribution in [0.2, 0.25) is 0 Å². The molecule has 0 aromatic heterocycles. The van der Waals surface area contributed by atoms with E-state index < -0.39 is 6.10 Å². The van der Waals surface area contributed by atoms with Gasteiger partial charge in [0.1, 0.15) is 6.10 Å². The minimum absolute atomic E-state index is 0.101. The zero-order valence-electron chi connectivity index (χ0n) is 11.5. The van der Waals surface area contributed by atoms with Crippen molar-refractivity contribution in [2.45, 2.75) is 6.10 Å².